The zero-order chi connectivity index (χ0) is 9.78. The van der Waals surface area contributed by atoms with E-state index in [0.717, 1.165) is 11.8 Å². The van der Waals surface area contributed by atoms with Crippen molar-refractivity contribution in [2.75, 3.05) is 5.33 Å². The predicted octanol–water partition coefficient (Wildman–Crippen LogP) is 2.28. The summed E-state index contributed by atoms with van der Waals surface area (Å²) in [4.78, 5) is 10.5. The molecule has 0 aromatic rings. The van der Waals surface area contributed by atoms with E-state index >= 15 is 0 Å². The maximum absolute atomic E-state index is 10.5. The lowest BCUT2D eigenvalue weighted by Gasteiger charge is -2.28. The van der Waals surface area contributed by atoms with Crippen molar-refractivity contribution >= 4 is 22.0 Å². The minimum Gasteiger partial charge on any atom is -0.446 e. The van der Waals surface area contributed by atoms with Gasteiger partial charge in [0.15, 0.2) is 0 Å². The average molecular weight is 238 g/mol. The highest BCUT2D eigenvalue weighted by atomic mass is 79.9. The van der Waals surface area contributed by atoms with E-state index in [1.165, 1.54) is 0 Å². The lowest BCUT2D eigenvalue weighted by molar-refractivity contribution is 0.0356. The molecule has 2 N–H and O–H groups in total. The summed E-state index contributed by atoms with van der Waals surface area (Å²) >= 11 is 3.30. The van der Waals surface area contributed by atoms with Gasteiger partial charge in [-0.2, -0.15) is 0 Å². The third-order valence-electron chi connectivity index (χ3n) is 1.60. The number of primary amides is 1. The van der Waals surface area contributed by atoms with Gasteiger partial charge in [-0.05, 0) is 11.8 Å². The van der Waals surface area contributed by atoms with Crippen LogP contribution in [0.1, 0.15) is 27.2 Å². The molecule has 0 saturated carbocycles. The van der Waals surface area contributed by atoms with Crippen LogP contribution in [0.2, 0.25) is 0 Å². The molecule has 0 radical (unpaired) electrons. The van der Waals surface area contributed by atoms with Gasteiger partial charge in [0.1, 0.15) is 6.10 Å². The van der Waals surface area contributed by atoms with Crippen LogP contribution in [0.5, 0.6) is 0 Å². The van der Waals surface area contributed by atoms with E-state index < -0.39 is 6.09 Å². The molecule has 0 spiro atoms. The number of hydrogen-bond acceptors (Lipinski definition) is 2. The third-order valence-corrected chi connectivity index (χ3v) is 2.05. The zero-order valence-electron chi connectivity index (χ0n) is 7.76. The van der Waals surface area contributed by atoms with Crippen molar-refractivity contribution in [1.82, 2.24) is 0 Å². The summed E-state index contributed by atoms with van der Waals surface area (Å²) in [6, 6.07) is 0. The van der Waals surface area contributed by atoms with E-state index in [0.29, 0.717) is 0 Å². The fourth-order valence-electron chi connectivity index (χ4n) is 0.908. The standard InChI is InChI=1S/C8H16BrNO2/c1-8(2,3)6(4-5-9)12-7(10)11/h6H,4-5H2,1-3H3,(H2,10,11). The minimum atomic E-state index is -0.698. The number of amides is 1. The number of hydrogen-bond donors (Lipinski definition) is 1. The Morgan fingerprint density at radius 2 is 2.08 bits per heavy atom. The number of carbonyl (C=O) groups is 1. The Bertz CT molecular complexity index is 154. The van der Waals surface area contributed by atoms with Crippen LogP contribution in [0.15, 0.2) is 0 Å². The van der Waals surface area contributed by atoms with Gasteiger partial charge in [-0.3, -0.25) is 0 Å². The quantitative estimate of drug-likeness (QED) is 0.767. The highest BCUT2D eigenvalue weighted by Gasteiger charge is 2.26. The summed E-state index contributed by atoms with van der Waals surface area (Å²) in [5.41, 5.74) is 4.89. The van der Waals surface area contributed by atoms with E-state index in [1.807, 2.05) is 20.8 Å². The van der Waals surface area contributed by atoms with Gasteiger partial charge in [-0.1, -0.05) is 36.7 Å². The number of alkyl halides is 1. The summed E-state index contributed by atoms with van der Waals surface area (Å²) in [6.45, 7) is 6.05. The molecule has 0 rings (SSSR count). The van der Waals surface area contributed by atoms with Crippen LogP contribution in [0.25, 0.3) is 0 Å². The number of nitrogens with two attached hydrogens (primary N) is 1. The first-order chi connectivity index (χ1) is 5.38. The molecule has 12 heavy (non-hydrogen) atoms. The Hall–Kier alpha value is -0.250. The molecule has 0 aliphatic rings. The van der Waals surface area contributed by atoms with Gasteiger partial charge in [0.2, 0.25) is 0 Å². The average Bonchev–Trinajstić information content (AvgIpc) is 1.83. The fourth-order valence-corrected chi connectivity index (χ4v) is 1.32. The first-order valence-corrected chi connectivity index (χ1v) is 5.02. The Kier molecular flexibility index (Phi) is 4.60. The van der Waals surface area contributed by atoms with Crippen LogP contribution in [0, 0.1) is 5.41 Å². The topological polar surface area (TPSA) is 52.3 Å². The SMILES string of the molecule is CC(C)(C)C(CCBr)OC(N)=O. The van der Waals surface area contributed by atoms with Crippen LogP contribution >= 0.6 is 15.9 Å². The summed E-state index contributed by atoms with van der Waals surface area (Å²) in [5, 5.41) is 0.808. The van der Waals surface area contributed by atoms with Crippen molar-refractivity contribution in [3.8, 4) is 0 Å². The first-order valence-electron chi connectivity index (χ1n) is 3.90. The highest BCUT2D eigenvalue weighted by molar-refractivity contribution is 9.09. The van der Waals surface area contributed by atoms with E-state index in [4.69, 9.17) is 10.5 Å². The smallest absolute Gasteiger partial charge is 0.404 e. The van der Waals surface area contributed by atoms with E-state index in [2.05, 4.69) is 15.9 Å². The summed E-state index contributed by atoms with van der Waals surface area (Å²) in [6.07, 6.45) is -0.0304. The van der Waals surface area contributed by atoms with Crippen molar-refractivity contribution in [2.45, 2.75) is 33.3 Å². The zero-order valence-corrected chi connectivity index (χ0v) is 9.35. The summed E-state index contributed by atoms with van der Waals surface area (Å²) < 4.78 is 4.96. The summed E-state index contributed by atoms with van der Waals surface area (Å²) in [7, 11) is 0. The summed E-state index contributed by atoms with van der Waals surface area (Å²) in [5.74, 6) is 0. The maximum Gasteiger partial charge on any atom is 0.404 e. The van der Waals surface area contributed by atoms with E-state index in [-0.39, 0.29) is 11.5 Å². The lowest BCUT2D eigenvalue weighted by Crippen LogP contribution is -2.34. The molecule has 0 aromatic heterocycles. The molecule has 0 aliphatic carbocycles. The lowest BCUT2D eigenvalue weighted by atomic mass is 9.87. The van der Waals surface area contributed by atoms with Crippen LogP contribution in [-0.2, 0) is 4.74 Å². The van der Waals surface area contributed by atoms with Gasteiger partial charge in [0.25, 0.3) is 0 Å². The predicted molar refractivity (Wildman–Crippen MR) is 52.3 cm³/mol. The molecule has 0 aromatic carbocycles. The molecular formula is C8H16BrNO2. The van der Waals surface area contributed by atoms with E-state index in [1.54, 1.807) is 0 Å². The van der Waals surface area contributed by atoms with Gasteiger partial charge in [-0.15, -0.1) is 0 Å². The minimum absolute atomic E-state index is 0.0528. The van der Waals surface area contributed by atoms with Crippen molar-refractivity contribution in [1.29, 1.82) is 0 Å². The van der Waals surface area contributed by atoms with Crippen LogP contribution in [0.4, 0.5) is 4.79 Å². The molecule has 0 aliphatic heterocycles. The Morgan fingerprint density at radius 1 is 1.58 bits per heavy atom. The molecular weight excluding hydrogens is 222 g/mol. The number of ether oxygens (including phenoxy) is 1. The number of carbonyl (C=O) groups excluding carboxylic acids is 1. The molecule has 0 saturated heterocycles. The highest BCUT2D eigenvalue weighted by Crippen LogP contribution is 2.25. The van der Waals surface area contributed by atoms with Crippen LogP contribution in [0.3, 0.4) is 0 Å². The molecule has 1 amide bonds. The van der Waals surface area contributed by atoms with Gasteiger partial charge >= 0.3 is 6.09 Å². The maximum atomic E-state index is 10.5. The molecule has 72 valence electrons. The first kappa shape index (κ1) is 11.8. The second kappa shape index (κ2) is 4.70. The Balaban J connectivity index is 4.13. The molecule has 3 nitrogen and oxygen atoms in total. The monoisotopic (exact) mass is 237 g/mol. The molecule has 4 heteroatoms. The normalized spacial score (nSPS) is 14.0. The fraction of sp³-hybridized carbons (Fsp3) is 0.875. The third kappa shape index (κ3) is 4.59. The van der Waals surface area contributed by atoms with Crippen molar-refractivity contribution in [2.24, 2.45) is 11.1 Å². The van der Waals surface area contributed by atoms with Gasteiger partial charge in [0.05, 0.1) is 0 Å². The second-order valence-corrected chi connectivity index (χ2v) is 4.56. The number of halogens is 1. The van der Waals surface area contributed by atoms with Crippen LogP contribution in [-0.4, -0.2) is 17.5 Å². The molecule has 1 atom stereocenters. The number of rotatable bonds is 3. The van der Waals surface area contributed by atoms with E-state index in [9.17, 15) is 4.79 Å². The Morgan fingerprint density at radius 3 is 2.33 bits per heavy atom. The van der Waals surface area contributed by atoms with Crippen molar-refractivity contribution < 1.29 is 9.53 Å². The van der Waals surface area contributed by atoms with Crippen molar-refractivity contribution in [3.63, 3.8) is 0 Å². The molecule has 1 unspecified atom stereocenters. The van der Waals surface area contributed by atoms with Crippen molar-refractivity contribution in [3.05, 3.63) is 0 Å². The second-order valence-electron chi connectivity index (χ2n) is 3.77. The largest absolute Gasteiger partial charge is 0.446 e. The van der Waals surface area contributed by atoms with Gasteiger partial charge in [-0.25, -0.2) is 4.79 Å². The molecule has 0 heterocycles. The van der Waals surface area contributed by atoms with Gasteiger partial charge < -0.3 is 10.5 Å². The van der Waals surface area contributed by atoms with Crippen LogP contribution < -0.4 is 5.73 Å². The Labute approximate surface area is 81.8 Å². The molecule has 0 bridgehead atoms. The van der Waals surface area contributed by atoms with Gasteiger partial charge in [0, 0.05) is 5.33 Å². The molecule has 0 fully saturated rings.